The third-order valence-corrected chi connectivity index (χ3v) is 8.59. The van der Waals surface area contributed by atoms with Gasteiger partial charge in [-0.15, -0.1) is 11.8 Å². The van der Waals surface area contributed by atoms with Crippen LogP contribution < -0.4 is 10.2 Å². The predicted molar refractivity (Wildman–Crippen MR) is 170 cm³/mol. The molecule has 4 rings (SSSR count). The SMILES string of the molecule is Cc1cc(NCCCCCCSc2ccnc3cc(C(F)(F)F)ccc23)cc(C)c1N1CCN(C(=O)OC(C)(C)C)CC1. The van der Waals surface area contributed by atoms with Crippen LogP contribution >= 0.6 is 11.8 Å². The number of amides is 1. The summed E-state index contributed by atoms with van der Waals surface area (Å²) in [5.74, 6) is 0.916. The van der Waals surface area contributed by atoms with Gasteiger partial charge in [0.05, 0.1) is 11.1 Å². The third kappa shape index (κ3) is 9.17. The predicted octanol–water partition coefficient (Wildman–Crippen LogP) is 8.69. The monoisotopic (exact) mass is 616 g/mol. The van der Waals surface area contributed by atoms with Gasteiger partial charge in [-0.1, -0.05) is 18.9 Å². The number of unbranched alkanes of at least 4 members (excludes halogenated alkanes) is 3. The molecule has 1 fully saturated rings. The number of nitrogens with one attached hydrogen (secondary N) is 1. The molecule has 1 aliphatic heterocycles. The number of halogens is 3. The summed E-state index contributed by atoms with van der Waals surface area (Å²) in [6.45, 7) is 13.7. The van der Waals surface area contributed by atoms with Gasteiger partial charge in [0.15, 0.2) is 0 Å². The minimum Gasteiger partial charge on any atom is -0.444 e. The van der Waals surface area contributed by atoms with Crippen molar-refractivity contribution in [2.24, 2.45) is 0 Å². The molecule has 0 unspecified atom stereocenters. The number of pyridine rings is 1. The molecule has 0 bridgehead atoms. The fourth-order valence-electron chi connectivity index (χ4n) is 5.42. The molecule has 2 aromatic carbocycles. The number of nitrogens with zero attached hydrogens (tertiary/aromatic N) is 3. The van der Waals surface area contributed by atoms with E-state index in [9.17, 15) is 18.0 Å². The molecule has 1 saturated heterocycles. The molecule has 6 nitrogen and oxygen atoms in total. The molecule has 0 aliphatic carbocycles. The maximum Gasteiger partial charge on any atom is 0.416 e. The van der Waals surface area contributed by atoms with Crippen molar-refractivity contribution < 1.29 is 22.7 Å². The second-order valence-electron chi connectivity index (χ2n) is 12.1. The average Bonchev–Trinajstić information content (AvgIpc) is 2.93. The van der Waals surface area contributed by atoms with E-state index in [1.165, 1.54) is 22.9 Å². The molecule has 10 heteroatoms. The number of piperazine rings is 1. The van der Waals surface area contributed by atoms with Crippen LogP contribution in [0.15, 0.2) is 47.5 Å². The first-order valence-corrected chi connectivity index (χ1v) is 16.0. The number of aromatic nitrogens is 1. The number of thioether (sulfide) groups is 1. The van der Waals surface area contributed by atoms with Crippen LogP contribution in [0, 0.1) is 13.8 Å². The molecule has 0 saturated carbocycles. The normalized spacial score (nSPS) is 14.3. The smallest absolute Gasteiger partial charge is 0.416 e. The quantitative estimate of drug-likeness (QED) is 0.182. The lowest BCUT2D eigenvalue weighted by Crippen LogP contribution is -2.50. The van der Waals surface area contributed by atoms with Crippen LogP contribution in [0.1, 0.15) is 63.1 Å². The number of anilines is 2. The summed E-state index contributed by atoms with van der Waals surface area (Å²) in [6, 6.07) is 10.1. The molecular weight excluding hydrogens is 573 g/mol. The molecule has 2 heterocycles. The van der Waals surface area contributed by atoms with Gasteiger partial charge < -0.3 is 19.9 Å². The Balaban J connectivity index is 1.16. The van der Waals surface area contributed by atoms with E-state index in [2.05, 4.69) is 41.2 Å². The molecule has 1 N–H and O–H groups in total. The first kappa shape index (κ1) is 32.8. The van der Waals surface area contributed by atoms with Gasteiger partial charge in [-0.3, -0.25) is 4.98 Å². The van der Waals surface area contributed by atoms with E-state index >= 15 is 0 Å². The fourth-order valence-corrected chi connectivity index (χ4v) is 6.47. The van der Waals surface area contributed by atoms with Gasteiger partial charge in [-0.25, -0.2) is 4.79 Å². The van der Waals surface area contributed by atoms with Crippen LogP contribution in [0.25, 0.3) is 10.9 Å². The lowest BCUT2D eigenvalue weighted by atomic mass is 10.1. The fraction of sp³-hybridized carbons (Fsp3) is 0.515. The van der Waals surface area contributed by atoms with E-state index in [1.807, 2.05) is 26.8 Å². The van der Waals surface area contributed by atoms with Crippen molar-refractivity contribution in [1.29, 1.82) is 0 Å². The van der Waals surface area contributed by atoms with E-state index in [4.69, 9.17) is 4.74 Å². The first-order chi connectivity index (χ1) is 20.3. The van der Waals surface area contributed by atoms with Crippen molar-refractivity contribution in [3.63, 3.8) is 0 Å². The van der Waals surface area contributed by atoms with Crippen molar-refractivity contribution in [1.82, 2.24) is 9.88 Å². The number of rotatable bonds is 10. The van der Waals surface area contributed by atoms with Crippen molar-refractivity contribution in [2.45, 2.75) is 77.0 Å². The summed E-state index contributed by atoms with van der Waals surface area (Å²) in [7, 11) is 0. The Hall–Kier alpha value is -3.14. The van der Waals surface area contributed by atoms with Gasteiger partial charge in [0.1, 0.15) is 5.60 Å². The molecule has 0 atom stereocenters. The van der Waals surface area contributed by atoms with Crippen molar-refractivity contribution in [3.05, 3.63) is 59.3 Å². The van der Waals surface area contributed by atoms with Gasteiger partial charge in [0.2, 0.25) is 0 Å². The van der Waals surface area contributed by atoms with Crippen molar-refractivity contribution >= 4 is 40.1 Å². The number of hydrogen-bond donors (Lipinski definition) is 1. The number of fused-ring (bicyclic) bond motifs is 1. The summed E-state index contributed by atoms with van der Waals surface area (Å²) < 4.78 is 44.6. The van der Waals surface area contributed by atoms with Gasteiger partial charge in [0.25, 0.3) is 0 Å². The van der Waals surface area contributed by atoms with Crippen LogP contribution in [0.3, 0.4) is 0 Å². The van der Waals surface area contributed by atoms with E-state index < -0.39 is 17.3 Å². The molecule has 234 valence electrons. The van der Waals surface area contributed by atoms with Gasteiger partial charge in [0, 0.05) is 60.6 Å². The maximum absolute atomic E-state index is 13.0. The summed E-state index contributed by atoms with van der Waals surface area (Å²) in [4.78, 5) is 21.7. The molecule has 1 aliphatic rings. The van der Waals surface area contributed by atoms with Crippen LogP contribution in [-0.2, 0) is 10.9 Å². The summed E-state index contributed by atoms with van der Waals surface area (Å²) in [5.41, 5.74) is 4.05. The Morgan fingerprint density at radius 3 is 2.28 bits per heavy atom. The molecule has 0 spiro atoms. The van der Waals surface area contributed by atoms with Gasteiger partial charge in [-0.05, 0) is 94.7 Å². The number of benzene rings is 2. The Bertz CT molecular complexity index is 1380. The molecule has 43 heavy (non-hydrogen) atoms. The zero-order valence-corrected chi connectivity index (χ0v) is 26.6. The van der Waals surface area contributed by atoms with Crippen LogP contribution in [0.2, 0.25) is 0 Å². The summed E-state index contributed by atoms with van der Waals surface area (Å²) in [6.07, 6.45) is 1.29. The van der Waals surface area contributed by atoms with E-state index in [-0.39, 0.29) is 6.09 Å². The molecule has 1 amide bonds. The van der Waals surface area contributed by atoms with E-state index in [1.54, 1.807) is 22.9 Å². The number of aryl methyl sites for hydroxylation is 2. The Morgan fingerprint density at radius 2 is 1.63 bits per heavy atom. The number of carbonyl (C=O) groups excluding carboxylic acids is 1. The minimum atomic E-state index is -4.36. The third-order valence-electron chi connectivity index (χ3n) is 7.43. The topological polar surface area (TPSA) is 57.7 Å². The molecule has 1 aromatic heterocycles. The van der Waals surface area contributed by atoms with Crippen LogP contribution in [0.5, 0.6) is 0 Å². The standard InChI is InChI=1S/C33H43F3N4O2S/c1-23-20-26(21-24(2)30(23)39-15-17-40(18-16-39)31(41)42-32(3,4)5)37-13-8-6-7-9-19-43-29-12-14-38-28-22-25(33(34,35)36)10-11-27(28)29/h10-12,14,20-22,37H,6-9,13,15-19H2,1-5H3. The van der Waals surface area contributed by atoms with Crippen LogP contribution in [0.4, 0.5) is 29.3 Å². The lowest BCUT2D eigenvalue weighted by molar-refractivity contribution is -0.137. The summed E-state index contributed by atoms with van der Waals surface area (Å²) >= 11 is 1.68. The highest BCUT2D eigenvalue weighted by atomic mass is 32.2. The zero-order chi connectivity index (χ0) is 31.2. The molecule has 0 radical (unpaired) electrons. The number of ether oxygens (including phenoxy) is 1. The first-order valence-electron chi connectivity index (χ1n) is 15.0. The lowest BCUT2D eigenvalue weighted by Gasteiger charge is -2.38. The Labute approximate surface area is 257 Å². The number of hydrogen-bond acceptors (Lipinski definition) is 6. The van der Waals surface area contributed by atoms with Crippen molar-refractivity contribution in [2.75, 3.05) is 48.7 Å². The van der Waals surface area contributed by atoms with Crippen LogP contribution in [-0.4, -0.2) is 60.1 Å². The minimum absolute atomic E-state index is 0.243. The van der Waals surface area contributed by atoms with E-state index in [0.717, 1.165) is 79.2 Å². The van der Waals surface area contributed by atoms with Gasteiger partial charge in [-0.2, -0.15) is 13.2 Å². The maximum atomic E-state index is 13.0. The number of carbonyl (C=O) groups is 1. The zero-order valence-electron chi connectivity index (χ0n) is 25.8. The highest BCUT2D eigenvalue weighted by molar-refractivity contribution is 7.99. The molecule has 3 aromatic rings. The molecular formula is C33H43F3N4O2S. The highest BCUT2D eigenvalue weighted by Crippen LogP contribution is 2.34. The van der Waals surface area contributed by atoms with Crippen molar-refractivity contribution in [3.8, 4) is 0 Å². The van der Waals surface area contributed by atoms with E-state index in [0.29, 0.717) is 18.6 Å². The largest absolute Gasteiger partial charge is 0.444 e. The second kappa shape index (κ2) is 14.1. The average molecular weight is 617 g/mol. The second-order valence-corrected chi connectivity index (χ2v) is 13.3. The number of alkyl halides is 3. The highest BCUT2D eigenvalue weighted by Gasteiger charge is 2.31. The summed E-state index contributed by atoms with van der Waals surface area (Å²) in [5, 5.41) is 4.34. The Kier molecular flexibility index (Phi) is 10.7. The van der Waals surface area contributed by atoms with Gasteiger partial charge >= 0.3 is 12.3 Å². The Morgan fingerprint density at radius 1 is 0.953 bits per heavy atom.